The number of carbonyl (C=O) groups excluding carboxylic acids is 1. The van der Waals surface area contributed by atoms with Gasteiger partial charge in [-0.2, -0.15) is 0 Å². The largest absolute Gasteiger partial charge is 0.473 e. The highest BCUT2D eigenvalue weighted by Gasteiger charge is 2.21. The van der Waals surface area contributed by atoms with Crippen molar-refractivity contribution >= 4 is 41.0 Å². The Kier molecular flexibility index (Phi) is 5.68. The van der Waals surface area contributed by atoms with Gasteiger partial charge >= 0.3 is 0 Å². The Labute approximate surface area is 119 Å². The molecule has 0 unspecified atom stereocenters. The van der Waals surface area contributed by atoms with E-state index in [0.29, 0.717) is 11.6 Å². The molecule has 1 rings (SSSR count). The van der Waals surface area contributed by atoms with Crippen LogP contribution in [0.1, 0.15) is 13.8 Å². The van der Waals surface area contributed by atoms with E-state index in [-0.39, 0.29) is 16.3 Å². The molecule has 0 aliphatic carbocycles. The van der Waals surface area contributed by atoms with Gasteiger partial charge in [0.15, 0.2) is 0 Å². The molecule has 1 aromatic heterocycles. The molecule has 0 atom stereocenters. The highest BCUT2D eigenvalue weighted by atomic mass is 33.1. The summed E-state index contributed by atoms with van der Waals surface area (Å²) in [6, 6.07) is 3.01. The van der Waals surface area contributed by atoms with Gasteiger partial charge < -0.3 is 4.74 Å². The second-order valence-corrected chi connectivity index (χ2v) is 7.18. The van der Waals surface area contributed by atoms with Crippen LogP contribution in [-0.2, 0) is 4.74 Å². The zero-order valence-corrected chi connectivity index (χ0v) is 12.4. The second-order valence-electron chi connectivity index (χ2n) is 4.32. The third-order valence-electron chi connectivity index (χ3n) is 1.91. The molecule has 19 heavy (non-hydrogen) atoms. The Bertz CT molecular complexity index is 467. The number of nitrogens with zero attached hydrogens (tertiary/aromatic N) is 2. The summed E-state index contributed by atoms with van der Waals surface area (Å²) in [5.74, 6) is -0.313. The molecule has 9 heteroatoms. The lowest BCUT2D eigenvalue weighted by atomic mass is 10.2. The van der Waals surface area contributed by atoms with Gasteiger partial charge in [-0.05, 0) is 30.7 Å². The highest BCUT2D eigenvalue weighted by Crippen LogP contribution is 2.40. The molecule has 0 saturated heterocycles. The summed E-state index contributed by atoms with van der Waals surface area (Å²) in [5.41, 5.74) is -0.0338. The van der Waals surface area contributed by atoms with Crippen LogP contribution in [0.25, 0.3) is 0 Å². The maximum absolute atomic E-state index is 10.8. The van der Waals surface area contributed by atoms with E-state index in [2.05, 4.69) is 4.98 Å². The Morgan fingerprint density at radius 1 is 1.58 bits per heavy atom. The van der Waals surface area contributed by atoms with Crippen LogP contribution in [0.2, 0.25) is 0 Å². The third-order valence-corrected chi connectivity index (χ3v) is 5.09. The molecular formula is C10H13BN2O4S2. The fraction of sp³-hybridized carbons (Fsp3) is 0.400. The molecule has 0 aromatic carbocycles. The number of nitro groups is 1. The first-order valence-electron chi connectivity index (χ1n) is 5.40. The Hall–Kier alpha value is -1.22. The quantitative estimate of drug-likeness (QED) is 0.345. The van der Waals surface area contributed by atoms with E-state index in [1.165, 1.54) is 41.7 Å². The van der Waals surface area contributed by atoms with Gasteiger partial charge in [0, 0.05) is 6.07 Å². The summed E-state index contributed by atoms with van der Waals surface area (Å²) in [5, 5.41) is 11.2. The Morgan fingerprint density at radius 2 is 2.26 bits per heavy atom. The van der Waals surface area contributed by atoms with E-state index < -0.39 is 4.92 Å². The lowest BCUT2D eigenvalue weighted by molar-refractivity contribution is -0.385. The van der Waals surface area contributed by atoms with Crippen LogP contribution in [0.15, 0.2) is 23.4 Å². The van der Waals surface area contributed by atoms with Crippen molar-refractivity contribution in [1.29, 1.82) is 0 Å². The van der Waals surface area contributed by atoms with Gasteiger partial charge in [-0.1, -0.05) is 10.8 Å². The van der Waals surface area contributed by atoms with Crippen LogP contribution >= 0.6 is 21.6 Å². The number of carbonyl (C=O) groups is 1. The molecule has 6 nitrogen and oxygen atoms in total. The second kappa shape index (κ2) is 6.81. The fourth-order valence-electron chi connectivity index (χ4n) is 0.985. The zero-order valence-electron chi connectivity index (χ0n) is 10.8. The van der Waals surface area contributed by atoms with Gasteiger partial charge in [-0.3, -0.25) is 14.9 Å². The first kappa shape index (κ1) is 15.8. The molecule has 0 aliphatic heterocycles. The molecule has 0 spiro atoms. The van der Waals surface area contributed by atoms with Crippen molar-refractivity contribution in [3.63, 3.8) is 0 Å². The van der Waals surface area contributed by atoms with Crippen LogP contribution in [0.4, 0.5) is 10.5 Å². The van der Waals surface area contributed by atoms with Crippen molar-refractivity contribution in [3.05, 3.63) is 28.4 Å². The van der Waals surface area contributed by atoms with Crippen molar-refractivity contribution in [2.24, 2.45) is 0 Å². The van der Waals surface area contributed by atoms with Gasteiger partial charge in [0.2, 0.25) is 13.7 Å². The lowest BCUT2D eigenvalue weighted by Crippen LogP contribution is -2.23. The van der Waals surface area contributed by atoms with Crippen LogP contribution < -0.4 is 0 Å². The van der Waals surface area contributed by atoms with E-state index >= 15 is 0 Å². The van der Waals surface area contributed by atoms with E-state index in [9.17, 15) is 14.9 Å². The predicted molar refractivity (Wildman–Crippen MR) is 78.3 cm³/mol. The average molecular weight is 300 g/mol. The molecule has 1 aromatic rings. The summed E-state index contributed by atoms with van der Waals surface area (Å²) in [7, 11) is 4.25. The maximum Gasteiger partial charge on any atom is 0.287 e. The first-order valence-corrected chi connectivity index (χ1v) is 7.55. The van der Waals surface area contributed by atoms with Crippen LogP contribution in [0, 0.1) is 10.1 Å². The molecule has 1 heterocycles. The average Bonchev–Trinajstić information content (AvgIpc) is 2.35. The lowest BCUT2D eigenvalue weighted by Gasteiger charge is -2.22. The number of pyridine rings is 1. The number of hydrogen-bond acceptors (Lipinski definition) is 7. The Morgan fingerprint density at radius 3 is 2.74 bits per heavy atom. The third kappa shape index (κ3) is 5.97. The van der Waals surface area contributed by atoms with Crippen molar-refractivity contribution in [1.82, 2.24) is 4.98 Å². The summed E-state index contributed by atoms with van der Waals surface area (Å²) in [4.78, 5) is 24.7. The number of hydrogen-bond donors (Lipinski definition) is 0. The van der Waals surface area contributed by atoms with Crippen molar-refractivity contribution in [3.8, 4) is 0 Å². The molecule has 102 valence electrons. The minimum Gasteiger partial charge on any atom is -0.473 e. The molecule has 0 bridgehead atoms. The summed E-state index contributed by atoms with van der Waals surface area (Å²) < 4.78 is 4.70. The van der Waals surface area contributed by atoms with E-state index in [0.717, 1.165) is 0 Å². The SMILES string of the molecule is BC(=O)OCC(C)(C)SSc1ccc([N+](=O)[O-])cn1. The van der Waals surface area contributed by atoms with Gasteiger partial charge in [0.1, 0.15) is 17.8 Å². The van der Waals surface area contributed by atoms with Crippen LogP contribution in [-0.4, -0.2) is 35.0 Å². The monoisotopic (exact) mass is 300 g/mol. The minimum absolute atomic E-state index is 0.0338. The molecule has 0 saturated carbocycles. The van der Waals surface area contributed by atoms with Crippen LogP contribution in [0.3, 0.4) is 0 Å². The first-order chi connectivity index (χ1) is 8.80. The van der Waals surface area contributed by atoms with E-state index in [4.69, 9.17) is 4.74 Å². The standard InChI is InChI=1S/C10H13BN2O4S2/c1-10(2,6-17-9(11)14)19-18-8-4-3-7(5-12-8)13(15)16/h3-5H,6,11H2,1-2H3. The molecule has 0 amide bonds. The van der Waals surface area contributed by atoms with Gasteiger partial charge in [-0.25, -0.2) is 4.98 Å². The molecule has 0 aliphatic rings. The van der Waals surface area contributed by atoms with E-state index in [1.807, 2.05) is 13.8 Å². The van der Waals surface area contributed by atoms with Crippen molar-refractivity contribution in [2.75, 3.05) is 6.61 Å². The van der Waals surface area contributed by atoms with Crippen LogP contribution in [0.5, 0.6) is 0 Å². The summed E-state index contributed by atoms with van der Waals surface area (Å²) in [6.07, 6.45) is 1.22. The fourth-order valence-corrected chi connectivity index (χ4v) is 3.00. The van der Waals surface area contributed by atoms with Gasteiger partial charge in [0.05, 0.1) is 9.67 Å². The molecule has 0 fully saturated rings. The van der Waals surface area contributed by atoms with Crippen molar-refractivity contribution < 1.29 is 14.5 Å². The molecular weight excluding hydrogens is 287 g/mol. The zero-order chi connectivity index (χ0) is 14.5. The van der Waals surface area contributed by atoms with Gasteiger partial charge in [0.25, 0.3) is 5.69 Å². The molecule has 0 N–H and O–H groups in total. The minimum atomic E-state index is -0.487. The predicted octanol–water partition coefficient (Wildman–Crippen LogP) is 2.28. The van der Waals surface area contributed by atoms with Crippen molar-refractivity contribution in [2.45, 2.75) is 23.6 Å². The highest BCUT2D eigenvalue weighted by molar-refractivity contribution is 8.77. The number of rotatable bonds is 6. The molecule has 0 radical (unpaired) electrons. The smallest absolute Gasteiger partial charge is 0.287 e. The topological polar surface area (TPSA) is 82.3 Å². The normalized spacial score (nSPS) is 11.1. The van der Waals surface area contributed by atoms with E-state index in [1.54, 1.807) is 6.07 Å². The summed E-state index contributed by atoms with van der Waals surface area (Å²) >= 11 is 0. The number of aromatic nitrogens is 1. The maximum atomic E-state index is 10.8. The summed E-state index contributed by atoms with van der Waals surface area (Å²) in [6.45, 7) is 4.19. The Balaban J connectivity index is 2.51. The number of ether oxygens (including phenoxy) is 1. The van der Waals surface area contributed by atoms with Gasteiger partial charge in [-0.15, -0.1) is 0 Å².